The Morgan fingerprint density at radius 1 is 0.923 bits per heavy atom. The Balaban J connectivity index is 2.41. The van der Waals surface area contributed by atoms with Crippen LogP contribution in [-0.2, 0) is 6.18 Å². The monoisotopic (exact) mass is 370 g/mol. The van der Waals surface area contributed by atoms with Crippen LogP contribution in [0.2, 0.25) is 0 Å². The minimum absolute atomic E-state index is 0.0172. The molecule has 136 valence electrons. The molecule has 0 aliphatic rings. The second-order valence-corrected chi connectivity index (χ2v) is 5.41. The van der Waals surface area contributed by atoms with Crippen LogP contribution < -0.4 is 0 Å². The lowest BCUT2D eigenvalue weighted by Crippen LogP contribution is -2.14. The molecule has 0 aromatic heterocycles. The van der Waals surface area contributed by atoms with Gasteiger partial charge in [-0.2, -0.15) is 31.6 Å². The highest BCUT2D eigenvalue weighted by Gasteiger charge is 2.33. The molecule has 2 aromatic rings. The molecule has 0 aliphatic heterocycles. The Labute approximate surface area is 145 Å². The van der Waals surface area contributed by atoms with E-state index < -0.39 is 30.4 Å². The second kappa shape index (κ2) is 7.60. The largest absolute Gasteiger partial charge is 0.416 e. The van der Waals surface area contributed by atoms with Crippen molar-refractivity contribution in [3.63, 3.8) is 0 Å². The summed E-state index contributed by atoms with van der Waals surface area (Å²) in [4.78, 5) is 3.87. The number of alkyl halides is 6. The van der Waals surface area contributed by atoms with Gasteiger partial charge in [0.25, 0.3) is 0 Å². The summed E-state index contributed by atoms with van der Waals surface area (Å²) in [7, 11) is 0. The van der Waals surface area contributed by atoms with Gasteiger partial charge in [-0.05, 0) is 17.7 Å². The van der Waals surface area contributed by atoms with Crippen LogP contribution in [0.5, 0.6) is 0 Å². The van der Waals surface area contributed by atoms with Crippen LogP contribution in [0.1, 0.15) is 29.2 Å². The van der Waals surface area contributed by atoms with Gasteiger partial charge < -0.3 is 0 Å². The predicted octanol–water partition coefficient (Wildman–Crippen LogP) is 5.71. The van der Waals surface area contributed by atoms with Crippen LogP contribution in [0.4, 0.5) is 26.3 Å². The Morgan fingerprint density at radius 3 is 1.96 bits per heavy atom. The summed E-state index contributed by atoms with van der Waals surface area (Å²) in [6.07, 6.45) is -10.4. The van der Waals surface area contributed by atoms with Gasteiger partial charge in [0.1, 0.15) is 11.8 Å². The number of nitrogens with zero attached hydrogens (tertiary/aromatic N) is 2. The number of halogens is 6. The third-order valence-electron chi connectivity index (χ3n) is 3.49. The summed E-state index contributed by atoms with van der Waals surface area (Å²) in [5.74, 6) is 0. The van der Waals surface area contributed by atoms with E-state index in [2.05, 4.69) is 4.99 Å². The molecule has 0 saturated carbocycles. The molecule has 0 heterocycles. The molecule has 2 aromatic carbocycles. The molecule has 2 nitrogen and oxygen atoms in total. The highest BCUT2D eigenvalue weighted by molar-refractivity contribution is 6.11. The molecule has 0 spiro atoms. The van der Waals surface area contributed by atoms with E-state index in [1.54, 1.807) is 24.3 Å². The first-order valence-electron chi connectivity index (χ1n) is 7.37. The smallest absolute Gasteiger partial charge is 0.265 e. The van der Waals surface area contributed by atoms with Crippen molar-refractivity contribution in [3.8, 4) is 6.07 Å². The molecule has 0 aliphatic carbocycles. The minimum Gasteiger partial charge on any atom is -0.265 e. The Hall–Kier alpha value is -2.82. The van der Waals surface area contributed by atoms with Crippen molar-refractivity contribution in [2.45, 2.75) is 24.8 Å². The lowest BCUT2D eigenvalue weighted by molar-refractivity contribution is -0.139. The Kier molecular flexibility index (Phi) is 5.70. The van der Waals surface area contributed by atoms with Gasteiger partial charge in [0.05, 0.1) is 18.0 Å². The minimum atomic E-state index is -4.55. The van der Waals surface area contributed by atoms with Crippen LogP contribution in [0.15, 0.2) is 59.6 Å². The number of benzene rings is 2. The van der Waals surface area contributed by atoms with Crippen molar-refractivity contribution < 1.29 is 26.3 Å². The number of hydrogen-bond acceptors (Lipinski definition) is 2. The van der Waals surface area contributed by atoms with Gasteiger partial charge in [-0.1, -0.05) is 42.5 Å². The van der Waals surface area contributed by atoms with Crippen LogP contribution in [-0.4, -0.2) is 11.9 Å². The van der Waals surface area contributed by atoms with Crippen LogP contribution in [0.3, 0.4) is 0 Å². The van der Waals surface area contributed by atoms with E-state index in [4.69, 9.17) is 0 Å². The Morgan fingerprint density at radius 2 is 1.50 bits per heavy atom. The lowest BCUT2D eigenvalue weighted by Gasteiger charge is -2.16. The molecule has 0 saturated heterocycles. The van der Waals surface area contributed by atoms with Crippen molar-refractivity contribution in [1.82, 2.24) is 0 Å². The summed E-state index contributed by atoms with van der Waals surface area (Å²) in [6.45, 7) is 0. The normalized spacial score (nSPS) is 14.0. The van der Waals surface area contributed by atoms with E-state index in [0.717, 1.165) is 24.3 Å². The Bertz CT molecular complexity index is 799. The zero-order valence-electron chi connectivity index (χ0n) is 13.1. The van der Waals surface area contributed by atoms with E-state index in [1.165, 1.54) is 12.1 Å². The van der Waals surface area contributed by atoms with E-state index in [9.17, 15) is 31.6 Å². The molecule has 0 bridgehead atoms. The molecule has 0 amide bonds. The van der Waals surface area contributed by atoms with Crippen LogP contribution >= 0.6 is 0 Å². The van der Waals surface area contributed by atoms with Gasteiger partial charge in [0, 0.05) is 5.56 Å². The third kappa shape index (κ3) is 5.34. The first-order chi connectivity index (χ1) is 12.1. The molecule has 0 fully saturated rings. The van der Waals surface area contributed by atoms with Gasteiger partial charge in [0.15, 0.2) is 0 Å². The standard InChI is InChI=1S/C18H12F6N2/c19-17(20,21)10-15(12-4-2-1-3-5-12)26-16(11-25)13-6-8-14(9-7-13)18(22,23)24/h1-9,15H,10H2/b26-16+/t15-/m1/s1. The van der Waals surface area contributed by atoms with E-state index in [0.29, 0.717) is 0 Å². The number of aliphatic imine (C=N–C) groups is 1. The van der Waals surface area contributed by atoms with Crippen LogP contribution in [0.25, 0.3) is 0 Å². The average molecular weight is 370 g/mol. The van der Waals surface area contributed by atoms with Crippen molar-refractivity contribution in [2.24, 2.45) is 4.99 Å². The summed E-state index contributed by atoms with van der Waals surface area (Å²) in [5, 5.41) is 9.22. The quantitative estimate of drug-likeness (QED) is 0.501. The molecule has 0 unspecified atom stereocenters. The number of rotatable bonds is 4. The molecule has 26 heavy (non-hydrogen) atoms. The molecule has 0 N–H and O–H groups in total. The molecule has 0 radical (unpaired) electrons. The van der Waals surface area contributed by atoms with Crippen molar-refractivity contribution in [2.75, 3.05) is 0 Å². The highest BCUT2D eigenvalue weighted by Crippen LogP contribution is 2.33. The van der Waals surface area contributed by atoms with Gasteiger partial charge in [-0.25, -0.2) is 0 Å². The van der Waals surface area contributed by atoms with E-state index in [1.807, 2.05) is 0 Å². The summed E-state index contributed by atoms with van der Waals surface area (Å²) >= 11 is 0. The zero-order chi connectivity index (χ0) is 19.4. The van der Waals surface area contributed by atoms with Crippen molar-refractivity contribution in [1.29, 1.82) is 5.26 Å². The molecule has 1 atom stereocenters. The topological polar surface area (TPSA) is 36.1 Å². The van der Waals surface area contributed by atoms with Gasteiger partial charge in [-0.3, -0.25) is 4.99 Å². The average Bonchev–Trinajstić information content (AvgIpc) is 2.57. The number of nitriles is 1. The summed E-state index contributed by atoms with van der Waals surface area (Å²) < 4.78 is 76.4. The van der Waals surface area contributed by atoms with Crippen molar-refractivity contribution in [3.05, 3.63) is 71.3 Å². The maximum absolute atomic E-state index is 12.9. The first kappa shape index (κ1) is 19.5. The molecule has 8 heteroatoms. The fourth-order valence-electron chi connectivity index (χ4n) is 2.27. The maximum atomic E-state index is 12.9. The fourth-order valence-corrected chi connectivity index (χ4v) is 2.27. The third-order valence-corrected chi connectivity index (χ3v) is 3.49. The number of hydrogen-bond donors (Lipinski definition) is 0. The SMILES string of the molecule is N#C/C(=N\[C@H](CC(F)(F)F)c1ccccc1)c1ccc(C(F)(F)F)cc1. The summed E-state index contributed by atoms with van der Waals surface area (Å²) in [6, 6.07) is 11.4. The lowest BCUT2D eigenvalue weighted by atomic mass is 10.0. The molecular formula is C18H12F6N2. The van der Waals surface area contributed by atoms with Gasteiger partial charge in [-0.15, -0.1) is 0 Å². The van der Waals surface area contributed by atoms with Gasteiger partial charge in [0.2, 0.25) is 0 Å². The predicted molar refractivity (Wildman–Crippen MR) is 83.4 cm³/mol. The summed E-state index contributed by atoms with van der Waals surface area (Å²) in [5.41, 5.74) is -1.02. The van der Waals surface area contributed by atoms with E-state index in [-0.39, 0.29) is 16.8 Å². The van der Waals surface area contributed by atoms with E-state index >= 15 is 0 Å². The highest BCUT2D eigenvalue weighted by atomic mass is 19.4. The molecule has 2 rings (SSSR count). The van der Waals surface area contributed by atoms with Gasteiger partial charge >= 0.3 is 12.4 Å². The van der Waals surface area contributed by atoms with Crippen LogP contribution in [0, 0.1) is 11.3 Å². The molecular weight excluding hydrogens is 358 g/mol. The first-order valence-corrected chi connectivity index (χ1v) is 7.37. The zero-order valence-corrected chi connectivity index (χ0v) is 13.1. The second-order valence-electron chi connectivity index (χ2n) is 5.41. The maximum Gasteiger partial charge on any atom is 0.416 e. The fraction of sp³-hybridized carbons (Fsp3) is 0.222. The van der Waals surface area contributed by atoms with Crippen molar-refractivity contribution >= 4 is 5.71 Å².